The average Bonchev–Trinajstić information content (AvgIpc) is 3.24. The molecule has 154 valence electrons. The molecule has 0 spiro atoms. The number of carbonyl (C=O) groups excluding carboxylic acids is 2. The van der Waals surface area contributed by atoms with Gasteiger partial charge in [-0.2, -0.15) is 0 Å². The van der Waals surface area contributed by atoms with Gasteiger partial charge in [-0.3, -0.25) is 4.79 Å². The Balaban J connectivity index is 1.64. The predicted octanol–water partition coefficient (Wildman–Crippen LogP) is 0.0515. The molecule has 0 aromatic carbocycles. The molecule has 0 aromatic rings. The molecule has 3 rings (SSSR count). The van der Waals surface area contributed by atoms with E-state index in [1.54, 1.807) is 4.90 Å². The highest BCUT2D eigenvalue weighted by atomic mass is 32.2. The molecular weight excluding hydrogens is 368 g/mol. The van der Waals surface area contributed by atoms with E-state index in [2.05, 4.69) is 10.6 Å². The summed E-state index contributed by atoms with van der Waals surface area (Å²) in [5.41, 5.74) is 0. The zero-order valence-corrected chi connectivity index (χ0v) is 17.1. The lowest BCUT2D eigenvalue weighted by molar-refractivity contribution is -0.126. The number of urea groups is 1. The number of likely N-dealkylation sites (tertiary alicyclic amines) is 1. The third-order valence-electron chi connectivity index (χ3n) is 6.17. The minimum Gasteiger partial charge on any atom is -0.355 e. The Hall–Kier alpha value is -1.35. The van der Waals surface area contributed by atoms with Crippen LogP contribution in [0.3, 0.4) is 0 Å². The second-order valence-electron chi connectivity index (χ2n) is 8.39. The zero-order valence-electron chi connectivity index (χ0n) is 16.3. The van der Waals surface area contributed by atoms with Crippen LogP contribution in [-0.2, 0) is 14.6 Å². The number of rotatable bonds is 5. The number of carbonyl (C=O) groups is 2. The lowest BCUT2D eigenvalue weighted by Crippen LogP contribution is -2.47. The van der Waals surface area contributed by atoms with Crippen molar-refractivity contribution in [1.82, 2.24) is 20.4 Å². The van der Waals surface area contributed by atoms with E-state index in [1.807, 2.05) is 19.0 Å². The van der Waals surface area contributed by atoms with Gasteiger partial charge in [0, 0.05) is 44.1 Å². The first-order valence-electron chi connectivity index (χ1n) is 9.97. The summed E-state index contributed by atoms with van der Waals surface area (Å²) >= 11 is 0. The third-order valence-corrected chi connectivity index (χ3v) is 8.39. The fourth-order valence-corrected chi connectivity index (χ4v) is 6.68. The first kappa shape index (κ1) is 20.4. The molecule has 1 aliphatic carbocycles. The van der Waals surface area contributed by atoms with Crippen LogP contribution >= 0.6 is 0 Å². The molecule has 0 unspecified atom stereocenters. The molecule has 2 aliphatic heterocycles. The van der Waals surface area contributed by atoms with Gasteiger partial charge in [0.15, 0.2) is 9.84 Å². The van der Waals surface area contributed by atoms with Crippen molar-refractivity contribution in [3.05, 3.63) is 0 Å². The second-order valence-corrected chi connectivity index (χ2v) is 10.7. The molecule has 0 radical (unpaired) electrons. The van der Waals surface area contributed by atoms with Crippen LogP contribution in [0.15, 0.2) is 0 Å². The lowest BCUT2D eigenvalue weighted by Gasteiger charge is -2.31. The van der Waals surface area contributed by atoms with Crippen LogP contribution in [0.4, 0.5) is 4.79 Å². The highest BCUT2D eigenvalue weighted by Crippen LogP contribution is 2.37. The molecule has 27 heavy (non-hydrogen) atoms. The molecule has 2 N–H and O–H groups in total. The summed E-state index contributed by atoms with van der Waals surface area (Å²) in [4.78, 5) is 28.8. The summed E-state index contributed by atoms with van der Waals surface area (Å²) in [6.45, 7) is 1.82. The molecule has 0 bridgehead atoms. The van der Waals surface area contributed by atoms with Crippen LogP contribution < -0.4 is 10.6 Å². The molecule has 3 fully saturated rings. The molecule has 9 heteroatoms. The SMILES string of the molecule is CN(C)CCNC(=O)[C@H]1CCS(=O)(=O)[C@@H]2CN(C(=O)NC3CCCC3)C[C@H]12. The topological polar surface area (TPSA) is 98.8 Å². The first-order valence-corrected chi connectivity index (χ1v) is 11.7. The normalized spacial score (nSPS) is 30.3. The minimum absolute atomic E-state index is 0.0258. The number of nitrogens with one attached hydrogen (secondary N) is 2. The lowest BCUT2D eigenvalue weighted by atomic mass is 9.87. The smallest absolute Gasteiger partial charge is 0.317 e. The molecule has 0 aromatic heterocycles. The van der Waals surface area contributed by atoms with Crippen molar-refractivity contribution >= 4 is 21.8 Å². The Kier molecular flexibility index (Phi) is 6.30. The highest BCUT2D eigenvalue weighted by Gasteiger charge is 2.51. The predicted molar refractivity (Wildman–Crippen MR) is 103 cm³/mol. The van der Waals surface area contributed by atoms with E-state index in [0.717, 1.165) is 32.2 Å². The van der Waals surface area contributed by atoms with Crippen molar-refractivity contribution < 1.29 is 18.0 Å². The van der Waals surface area contributed by atoms with Crippen molar-refractivity contribution in [1.29, 1.82) is 0 Å². The number of sulfone groups is 1. The average molecular weight is 401 g/mol. The standard InChI is InChI=1S/C18H32N4O4S/c1-21(2)9-8-19-17(23)14-7-10-27(25,26)16-12-22(11-15(14)16)18(24)20-13-5-3-4-6-13/h13-16H,3-12H2,1-2H3,(H,19,23)(H,20,24)/t14-,15+,16+/m0/s1. The second kappa shape index (κ2) is 8.34. The van der Waals surface area contributed by atoms with Crippen LogP contribution in [0.1, 0.15) is 32.1 Å². The van der Waals surface area contributed by atoms with Crippen LogP contribution in [-0.4, -0.2) is 87.5 Å². The Morgan fingerprint density at radius 3 is 2.48 bits per heavy atom. The van der Waals surface area contributed by atoms with Gasteiger partial charge in [0.1, 0.15) is 0 Å². The summed E-state index contributed by atoms with van der Waals surface area (Å²) in [5, 5.41) is 5.35. The van der Waals surface area contributed by atoms with Crippen LogP contribution in [0.2, 0.25) is 0 Å². The largest absolute Gasteiger partial charge is 0.355 e. The fourth-order valence-electron chi connectivity index (χ4n) is 4.58. The highest BCUT2D eigenvalue weighted by molar-refractivity contribution is 7.92. The van der Waals surface area contributed by atoms with Crippen LogP contribution in [0, 0.1) is 11.8 Å². The van der Waals surface area contributed by atoms with E-state index in [4.69, 9.17) is 0 Å². The Bertz CT molecular complexity index is 660. The van der Waals surface area contributed by atoms with Gasteiger partial charge >= 0.3 is 6.03 Å². The zero-order chi connectivity index (χ0) is 19.6. The maximum Gasteiger partial charge on any atom is 0.317 e. The number of fused-ring (bicyclic) bond motifs is 1. The van der Waals surface area contributed by atoms with E-state index in [0.29, 0.717) is 19.5 Å². The van der Waals surface area contributed by atoms with E-state index in [1.165, 1.54) is 0 Å². The molecule has 2 saturated heterocycles. The summed E-state index contributed by atoms with van der Waals surface area (Å²) < 4.78 is 25.1. The monoisotopic (exact) mass is 400 g/mol. The molecule has 8 nitrogen and oxygen atoms in total. The summed E-state index contributed by atoms with van der Waals surface area (Å²) in [5.74, 6) is -0.708. The summed E-state index contributed by atoms with van der Waals surface area (Å²) in [6, 6.07) is 0.0140. The van der Waals surface area contributed by atoms with Gasteiger partial charge in [0.2, 0.25) is 5.91 Å². The molecular formula is C18H32N4O4S. The Morgan fingerprint density at radius 1 is 1.11 bits per heavy atom. The third kappa shape index (κ3) is 4.74. The Labute approximate surface area is 161 Å². The van der Waals surface area contributed by atoms with Gasteiger partial charge in [-0.1, -0.05) is 12.8 Å². The van der Waals surface area contributed by atoms with Crippen molar-refractivity contribution in [3.8, 4) is 0 Å². The van der Waals surface area contributed by atoms with E-state index >= 15 is 0 Å². The van der Waals surface area contributed by atoms with E-state index in [-0.39, 0.29) is 42.1 Å². The fraction of sp³-hybridized carbons (Fsp3) is 0.889. The van der Waals surface area contributed by atoms with Crippen LogP contribution in [0.25, 0.3) is 0 Å². The molecule has 3 aliphatic rings. The van der Waals surface area contributed by atoms with Gasteiger partial charge in [-0.15, -0.1) is 0 Å². The van der Waals surface area contributed by atoms with Crippen LogP contribution in [0.5, 0.6) is 0 Å². The molecule has 3 atom stereocenters. The summed E-state index contributed by atoms with van der Waals surface area (Å²) in [6.07, 6.45) is 4.57. The van der Waals surface area contributed by atoms with E-state index in [9.17, 15) is 18.0 Å². The maximum atomic E-state index is 12.6. The maximum absolute atomic E-state index is 12.6. The minimum atomic E-state index is -3.26. The van der Waals surface area contributed by atoms with Crippen molar-refractivity contribution in [2.45, 2.75) is 43.4 Å². The van der Waals surface area contributed by atoms with Gasteiger partial charge in [-0.25, -0.2) is 13.2 Å². The quantitative estimate of drug-likeness (QED) is 0.680. The molecule has 1 saturated carbocycles. The van der Waals surface area contributed by atoms with E-state index < -0.39 is 15.1 Å². The number of amides is 3. The van der Waals surface area contributed by atoms with Gasteiger partial charge in [0.05, 0.1) is 11.0 Å². The number of hydrogen-bond acceptors (Lipinski definition) is 5. The first-order chi connectivity index (χ1) is 12.8. The molecule has 2 heterocycles. The van der Waals surface area contributed by atoms with Gasteiger partial charge in [-0.05, 0) is 33.4 Å². The van der Waals surface area contributed by atoms with Crippen molar-refractivity contribution in [2.24, 2.45) is 11.8 Å². The number of likely N-dealkylation sites (N-methyl/N-ethyl adjacent to an activating group) is 1. The number of hydrogen-bond donors (Lipinski definition) is 2. The van der Waals surface area contributed by atoms with Gasteiger partial charge < -0.3 is 20.4 Å². The Morgan fingerprint density at radius 2 is 1.81 bits per heavy atom. The van der Waals surface area contributed by atoms with Gasteiger partial charge in [0.25, 0.3) is 0 Å². The number of nitrogens with zero attached hydrogens (tertiary/aromatic N) is 2. The van der Waals surface area contributed by atoms with Crippen molar-refractivity contribution in [3.63, 3.8) is 0 Å². The summed E-state index contributed by atoms with van der Waals surface area (Å²) in [7, 11) is 0.611. The van der Waals surface area contributed by atoms with Crippen molar-refractivity contribution in [2.75, 3.05) is 46.0 Å². The molecule has 3 amide bonds.